The van der Waals surface area contributed by atoms with E-state index in [1.807, 2.05) is 38.1 Å². The minimum absolute atomic E-state index is 0.00685. The molecule has 3 aromatic carbocycles. The van der Waals surface area contributed by atoms with Crippen LogP contribution in [0.2, 0.25) is 0 Å². The van der Waals surface area contributed by atoms with Crippen LogP contribution in [0.1, 0.15) is 55.6 Å². The Bertz CT molecular complexity index is 2510. The highest BCUT2D eigenvalue weighted by atomic mass is 19.4. The van der Waals surface area contributed by atoms with Crippen molar-refractivity contribution in [2.24, 2.45) is 0 Å². The van der Waals surface area contributed by atoms with Crippen molar-refractivity contribution >= 4 is 33.6 Å². The van der Waals surface area contributed by atoms with Crippen LogP contribution >= 0.6 is 0 Å². The van der Waals surface area contributed by atoms with Gasteiger partial charge in [0.15, 0.2) is 0 Å². The molecule has 9 nitrogen and oxygen atoms in total. The number of alkyl halides is 3. The molecule has 0 amide bonds. The molecule has 0 saturated heterocycles. The number of allylic oxidation sites excluding steroid dienone is 7. The molecule has 0 N–H and O–H groups in total. The summed E-state index contributed by atoms with van der Waals surface area (Å²) in [6.07, 6.45) is -5.20. The van der Waals surface area contributed by atoms with E-state index in [0.717, 1.165) is 23.3 Å². The predicted molar refractivity (Wildman–Crippen MR) is 169 cm³/mol. The molecule has 3 aromatic rings. The van der Waals surface area contributed by atoms with Gasteiger partial charge in [-0.05, 0) is 71.0 Å². The maximum Gasteiger partial charge on any atom is 0.573 e. The SMILES string of the molecule is [C-]#[N+]C1=C(c2cc(C)cc(C)c2)/C(=C(/C#N)[N+]#[C-])c2cc3c(c(C#N)c21)C(C#N)=C(c1ccc(C#N)c(OC(F)(F)F)c1)/C3=C(\C#N)[N+]#[C-]. The van der Waals surface area contributed by atoms with Crippen molar-refractivity contribution in [3.05, 3.63) is 144 Å². The Morgan fingerprint density at radius 1 is 0.714 bits per heavy atom. The summed E-state index contributed by atoms with van der Waals surface area (Å²) in [4.78, 5) is 10.4. The molecular formula is C37H13F3N8O. The molecule has 2 aliphatic carbocycles. The summed E-state index contributed by atoms with van der Waals surface area (Å²) in [5.74, 6) is -0.908. The molecular weight excluding hydrogens is 629 g/mol. The first-order valence-corrected chi connectivity index (χ1v) is 13.7. The molecule has 0 heterocycles. The van der Waals surface area contributed by atoms with Gasteiger partial charge in [0.25, 0.3) is 11.4 Å². The standard InChI is InChI=1S/C37H13F3N8O/c1-18-8-19(2)10-22(9-18)31-35(28(17-45)47-4)24-12-23-32(26(15-43)33(24)36(31)48-5)25(14-42)30(34(23)27(16-44)46-3)20-6-7-21(13-41)29(11-20)49-37(38,39)40/h6-12H,1-2H3/b34-27+,35-28-. The first-order valence-electron chi connectivity index (χ1n) is 13.7. The van der Waals surface area contributed by atoms with Crippen LogP contribution in [-0.2, 0) is 0 Å². The highest BCUT2D eigenvalue weighted by Crippen LogP contribution is 2.57. The largest absolute Gasteiger partial charge is 0.573 e. The number of hydrogen-bond donors (Lipinski definition) is 0. The zero-order valence-corrected chi connectivity index (χ0v) is 25.2. The number of rotatable bonds is 3. The van der Waals surface area contributed by atoms with Crippen LogP contribution < -0.4 is 4.74 Å². The summed E-state index contributed by atoms with van der Waals surface area (Å²) in [5.41, 5.74) is -0.399. The van der Waals surface area contributed by atoms with Crippen LogP contribution in [0, 0.1) is 90.2 Å². The van der Waals surface area contributed by atoms with Crippen LogP contribution in [-0.4, -0.2) is 6.36 Å². The molecule has 0 bridgehead atoms. The average Bonchev–Trinajstić information content (AvgIpc) is 3.56. The fraction of sp³-hybridized carbons (Fsp3) is 0.0811. The van der Waals surface area contributed by atoms with E-state index in [4.69, 9.17) is 19.7 Å². The van der Waals surface area contributed by atoms with Gasteiger partial charge in [-0.2, -0.15) is 15.8 Å². The number of fused-ring (bicyclic) bond motifs is 2. The number of halogens is 3. The third kappa shape index (κ3) is 5.18. The van der Waals surface area contributed by atoms with Crippen LogP contribution in [0.25, 0.3) is 48.1 Å². The van der Waals surface area contributed by atoms with Crippen molar-refractivity contribution in [2.45, 2.75) is 20.2 Å². The topological polar surface area (TPSA) is 141 Å². The molecule has 0 spiro atoms. The maximum atomic E-state index is 13.3. The summed E-state index contributed by atoms with van der Waals surface area (Å²) < 4.78 is 44.0. The summed E-state index contributed by atoms with van der Waals surface area (Å²) in [6, 6.07) is 19.0. The van der Waals surface area contributed by atoms with Crippen LogP contribution in [0.5, 0.6) is 5.75 Å². The van der Waals surface area contributed by atoms with Gasteiger partial charge in [0.2, 0.25) is 5.70 Å². The number of benzene rings is 3. The summed E-state index contributed by atoms with van der Waals surface area (Å²) >= 11 is 0. The number of nitriles is 5. The second kappa shape index (κ2) is 12.1. The Morgan fingerprint density at radius 3 is 1.80 bits per heavy atom. The molecule has 0 aliphatic heterocycles. The molecule has 0 fully saturated rings. The molecule has 49 heavy (non-hydrogen) atoms. The Balaban J connectivity index is 2.00. The van der Waals surface area contributed by atoms with Gasteiger partial charge < -0.3 is 4.74 Å². The minimum atomic E-state index is -5.20. The van der Waals surface area contributed by atoms with E-state index < -0.39 is 29.1 Å². The van der Waals surface area contributed by atoms with Crippen molar-refractivity contribution in [3.63, 3.8) is 0 Å². The fourth-order valence-electron chi connectivity index (χ4n) is 6.11. The number of ether oxygens (including phenoxy) is 1. The van der Waals surface area contributed by atoms with Crippen molar-refractivity contribution < 1.29 is 17.9 Å². The lowest BCUT2D eigenvalue weighted by molar-refractivity contribution is -0.274. The first-order chi connectivity index (χ1) is 23.4. The zero-order valence-electron chi connectivity index (χ0n) is 25.2. The minimum Gasteiger partial charge on any atom is -0.404 e. The molecule has 2 aliphatic rings. The van der Waals surface area contributed by atoms with E-state index in [-0.39, 0.29) is 66.9 Å². The normalized spacial score (nSPS) is 14.8. The van der Waals surface area contributed by atoms with Crippen LogP contribution in [0.4, 0.5) is 13.2 Å². The van der Waals surface area contributed by atoms with E-state index >= 15 is 0 Å². The number of hydrogen-bond acceptors (Lipinski definition) is 6. The van der Waals surface area contributed by atoms with Gasteiger partial charge in [0, 0.05) is 16.7 Å². The molecule has 12 heteroatoms. The summed E-state index contributed by atoms with van der Waals surface area (Å²) in [6.45, 7) is 27.4. The molecule has 0 atom stereocenters. The van der Waals surface area contributed by atoms with Gasteiger partial charge >= 0.3 is 6.36 Å². The second-order valence-electron chi connectivity index (χ2n) is 10.5. The quantitative estimate of drug-likeness (QED) is 0.207. The smallest absolute Gasteiger partial charge is 0.404 e. The molecule has 0 aromatic heterocycles. The van der Waals surface area contributed by atoms with Gasteiger partial charge in [-0.3, -0.25) is 0 Å². The lowest BCUT2D eigenvalue weighted by Gasteiger charge is -2.15. The van der Waals surface area contributed by atoms with Gasteiger partial charge in [-0.25, -0.2) is 25.1 Å². The number of aryl methyl sites for hydroxylation is 2. The molecule has 5 rings (SSSR count). The van der Waals surface area contributed by atoms with E-state index in [1.54, 1.807) is 24.3 Å². The highest BCUT2D eigenvalue weighted by Gasteiger charge is 2.40. The van der Waals surface area contributed by atoms with Crippen molar-refractivity contribution in [3.8, 4) is 36.1 Å². The second-order valence-corrected chi connectivity index (χ2v) is 10.5. The maximum absolute atomic E-state index is 13.3. The number of nitrogens with zero attached hydrogens (tertiary/aromatic N) is 8. The summed E-state index contributed by atoms with van der Waals surface area (Å²) in [5, 5.41) is 50.7. The molecule has 0 saturated carbocycles. The Labute approximate surface area is 277 Å². The molecule has 0 unspecified atom stereocenters. The highest BCUT2D eigenvalue weighted by molar-refractivity contribution is 6.30. The summed E-state index contributed by atoms with van der Waals surface area (Å²) in [7, 11) is 0. The Kier molecular flexibility index (Phi) is 8.06. The first kappa shape index (κ1) is 32.5. The third-order valence-corrected chi connectivity index (χ3v) is 7.71. The Morgan fingerprint density at radius 2 is 1.31 bits per heavy atom. The van der Waals surface area contributed by atoms with Crippen molar-refractivity contribution in [2.75, 3.05) is 0 Å². The van der Waals surface area contributed by atoms with E-state index in [2.05, 4.69) is 19.3 Å². The van der Waals surface area contributed by atoms with Crippen molar-refractivity contribution in [1.29, 1.82) is 26.3 Å². The predicted octanol–water partition coefficient (Wildman–Crippen LogP) is 8.50. The Hall–Kier alpha value is -7.87. The van der Waals surface area contributed by atoms with E-state index in [9.17, 15) is 39.5 Å². The molecule has 228 valence electrons. The van der Waals surface area contributed by atoms with Gasteiger partial charge in [-0.15, -0.1) is 13.2 Å². The van der Waals surface area contributed by atoms with E-state index in [0.29, 0.717) is 5.56 Å². The van der Waals surface area contributed by atoms with Crippen molar-refractivity contribution in [1.82, 2.24) is 0 Å². The van der Waals surface area contributed by atoms with Gasteiger partial charge in [0.05, 0.1) is 54.6 Å². The van der Waals surface area contributed by atoms with Gasteiger partial charge in [0.1, 0.15) is 17.9 Å². The van der Waals surface area contributed by atoms with Crippen LogP contribution in [0.3, 0.4) is 0 Å². The lowest BCUT2D eigenvalue weighted by Crippen LogP contribution is -2.18. The average molecular weight is 643 g/mol. The monoisotopic (exact) mass is 642 g/mol. The third-order valence-electron chi connectivity index (χ3n) is 7.71. The zero-order chi connectivity index (χ0) is 35.8. The fourth-order valence-corrected chi connectivity index (χ4v) is 6.11. The van der Waals surface area contributed by atoms with Crippen LogP contribution in [0.15, 0.2) is 53.9 Å². The lowest BCUT2D eigenvalue weighted by atomic mass is 9.88. The van der Waals surface area contributed by atoms with E-state index in [1.165, 1.54) is 12.1 Å². The molecule has 0 radical (unpaired) electrons. The van der Waals surface area contributed by atoms with Gasteiger partial charge in [-0.1, -0.05) is 35.4 Å².